The molecule has 0 aliphatic heterocycles. The Morgan fingerprint density at radius 3 is 2.67 bits per heavy atom. The number of aromatic nitrogens is 3. The minimum Gasteiger partial charge on any atom is -0.376 e. The number of ether oxygens (including phenoxy) is 1. The van der Waals surface area contributed by atoms with Crippen molar-refractivity contribution in [2.45, 2.75) is 24.9 Å². The lowest BCUT2D eigenvalue weighted by atomic mass is 9.58. The molecule has 1 aliphatic rings. The Labute approximate surface area is 166 Å². The summed E-state index contributed by atoms with van der Waals surface area (Å²) in [6.45, 7) is 1.30. The van der Waals surface area contributed by atoms with Gasteiger partial charge in [-0.2, -0.15) is 0 Å². The molecule has 0 atom stereocenters. The molecule has 0 N–H and O–H groups in total. The van der Waals surface area contributed by atoms with Crippen LogP contribution in [0.25, 0.3) is 0 Å². The molecule has 0 amide bonds. The van der Waals surface area contributed by atoms with Crippen LogP contribution in [0.5, 0.6) is 0 Å². The molecule has 27 heavy (non-hydrogen) atoms. The molecule has 0 saturated heterocycles. The molecule has 3 aromatic rings. The van der Waals surface area contributed by atoms with Gasteiger partial charge in [-0.1, -0.05) is 46.3 Å². The molecule has 0 unspecified atom stereocenters. The van der Waals surface area contributed by atoms with Crippen molar-refractivity contribution in [2.75, 3.05) is 6.61 Å². The Morgan fingerprint density at radius 2 is 2.00 bits per heavy atom. The maximum atomic E-state index is 14.1. The van der Waals surface area contributed by atoms with E-state index in [4.69, 9.17) is 4.74 Å². The second-order valence-corrected chi connectivity index (χ2v) is 8.20. The summed E-state index contributed by atoms with van der Waals surface area (Å²) in [6, 6.07) is 15.2. The van der Waals surface area contributed by atoms with Crippen LogP contribution in [0.15, 0.2) is 59.3 Å². The third-order valence-electron chi connectivity index (χ3n) is 5.29. The van der Waals surface area contributed by atoms with Crippen LogP contribution in [0.4, 0.5) is 4.39 Å². The van der Waals surface area contributed by atoms with E-state index in [0.717, 1.165) is 28.7 Å². The monoisotopic (exact) mass is 429 g/mol. The van der Waals surface area contributed by atoms with E-state index in [-0.39, 0.29) is 11.2 Å². The summed E-state index contributed by atoms with van der Waals surface area (Å²) in [7, 11) is 1.94. The number of hydrogen-bond donors (Lipinski definition) is 0. The Bertz CT molecular complexity index is 902. The molecule has 6 heteroatoms. The van der Waals surface area contributed by atoms with Gasteiger partial charge >= 0.3 is 0 Å². The summed E-state index contributed by atoms with van der Waals surface area (Å²) in [5, 5.41) is 8.39. The van der Waals surface area contributed by atoms with Gasteiger partial charge in [0.1, 0.15) is 18.0 Å². The predicted molar refractivity (Wildman–Crippen MR) is 105 cm³/mol. The van der Waals surface area contributed by atoms with Crippen LogP contribution >= 0.6 is 15.9 Å². The number of aryl methyl sites for hydroxylation is 1. The lowest BCUT2D eigenvalue weighted by Crippen LogP contribution is -2.46. The number of rotatable bonds is 6. The quantitative estimate of drug-likeness (QED) is 0.573. The third kappa shape index (κ3) is 3.69. The number of halogens is 2. The SMILES string of the molecule is Cn1cnnc1C1(c2cc(F)cc(Br)c2)CC(COCc2ccccc2)C1. The molecule has 0 spiro atoms. The molecule has 1 fully saturated rings. The lowest BCUT2D eigenvalue weighted by molar-refractivity contribution is 0.0283. The van der Waals surface area contributed by atoms with Crippen molar-refractivity contribution in [3.05, 3.63) is 82.1 Å². The van der Waals surface area contributed by atoms with E-state index >= 15 is 0 Å². The van der Waals surface area contributed by atoms with Crippen molar-refractivity contribution >= 4 is 15.9 Å². The largest absolute Gasteiger partial charge is 0.376 e. The Balaban J connectivity index is 1.50. The molecular formula is C21H21BrFN3O. The zero-order valence-corrected chi connectivity index (χ0v) is 16.7. The van der Waals surface area contributed by atoms with Crippen LogP contribution < -0.4 is 0 Å². The zero-order valence-electron chi connectivity index (χ0n) is 15.1. The standard InChI is InChI=1S/C21H21BrFN3O/c1-26-14-24-25-20(26)21(17-7-18(22)9-19(23)8-17)10-16(11-21)13-27-12-15-5-3-2-4-6-15/h2-9,14,16H,10-13H2,1H3. The number of benzene rings is 2. The van der Waals surface area contributed by atoms with Gasteiger partial charge in [0.05, 0.1) is 12.0 Å². The normalized spacial score (nSPS) is 21.8. The van der Waals surface area contributed by atoms with Crippen molar-refractivity contribution in [1.82, 2.24) is 14.8 Å². The average molecular weight is 430 g/mol. The number of nitrogens with zero attached hydrogens (tertiary/aromatic N) is 3. The van der Waals surface area contributed by atoms with E-state index in [0.29, 0.717) is 19.1 Å². The predicted octanol–water partition coefficient (Wildman–Crippen LogP) is 4.63. The van der Waals surface area contributed by atoms with E-state index in [1.165, 1.54) is 11.6 Å². The average Bonchev–Trinajstić information content (AvgIpc) is 3.03. The highest BCUT2D eigenvalue weighted by Gasteiger charge is 2.50. The zero-order chi connectivity index (χ0) is 18.9. The van der Waals surface area contributed by atoms with Gasteiger partial charge in [0.15, 0.2) is 0 Å². The maximum absolute atomic E-state index is 14.1. The molecule has 1 saturated carbocycles. The third-order valence-corrected chi connectivity index (χ3v) is 5.75. The molecule has 1 aliphatic carbocycles. The highest BCUT2D eigenvalue weighted by atomic mass is 79.9. The van der Waals surface area contributed by atoms with Crippen LogP contribution in [-0.4, -0.2) is 21.4 Å². The topological polar surface area (TPSA) is 39.9 Å². The number of hydrogen-bond acceptors (Lipinski definition) is 3. The smallest absolute Gasteiger partial charge is 0.143 e. The fourth-order valence-corrected chi connectivity index (χ4v) is 4.52. The molecule has 1 aromatic heterocycles. The van der Waals surface area contributed by atoms with Crippen molar-refractivity contribution in [2.24, 2.45) is 13.0 Å². The Hall–Kier alpha value is -2.05. The van der Waals surface area contributed by atoms with Crippen molar-refractivity contribution in [3.63, 3.8) is 0 Å². The lowest BCUT2D eigenvalue weighted by Gasteiger charge is -2.47. The van der Waals surface area contributed by atoms with Gasteiger partial charge in [-0.3, -0.25) is 0 Å². The van der Waals surface area contributed by atoms with Crippen LogP contribution in [0, 0.1) is 11.7 Å². The first-order valence-corrected chi connectivity index (χ1v) is 9.79. The fraction of sp³-hybridized carbons (Fsp3) is 0.333. The van der Waals surface area contributed by atoms with E-state index < -0.39 is 0 Å². The summed E-state index contributed by atoms with van der Waals surface area (Å²) in [6.07, 6.45) is 3.43. The second-order valence-electron chi connectivity index (χ2n) is 7.28. The van der Waals surface area contributed by atoms with Gasteiger partial charge in [-0.05, 0) is 48.1 Å². The van der Waals surface area contributed by atoms with E-state index in [2.05, 4.69) is 38.3 Å². The van der Waals surface area contributed by atoms with Gasteiger partial charge in [0, 0.05) is 18.1 Å². The summed E-state index contributed by atoms with van der Waals surface area (Å²) in [5.41, 5.74) is 1.78. The molecule has 4 nitrogen and oxygen atoms in total. The summed E-state index contributed by atoms with van der Waals surface area (Å²) in [5.74, 6) is 1.04. The van der Waals surface area contributed by atoms with Gasteiger partial charge in [-0.15, -0.1) is 10.2 Å². The van der Waals surface area contributed by atoms with E-state index in [9.17, 15) is 4.39 Å². The molecule has 1 heterocycles. The Morgan fingerprint density at radius 1 is 1.22 bits per heavy atom. The Kier molecular flexibility index (Phi) is 5.10. The molecule has 140 valence electrons. The van der Waals surface area contributed by atoms with E-state index in [1.54, 1.807) is 12.4 Å². The van der Waals surface area contributed by atoms with Crippen molar-refractivity contribution < 1.29 is 9.13 Å². The first-order chi connectivity index (χ1) is 13.1. The van der Waals surface area contributed by atoms with Gasteiger partial charge in [-0.25, -0.2) is 4.39 Å². The highest BCUT2D eigenvalue weighted by molar-refractivity contribution is 9.10. The van der Waals surface area contributed by atoms with Crippen LogP contribution in [-0.2, 0) is 23.8 Å². The second kappa shape index (κ2) is 7.52. The van der Waals surface area contributed by atoms with Crippen LogP contribution in [0.1, 0.15) is 29.8 Å². The minimum atomic E-state index is -0.323. The van der Waals surface area contributed by atoms with Crippen molar-refractivity contribution in [3.8, 4) is 0 Å². The van der Waals surface area contributed by atoms with Crippen molar-refractivity contribution in [1.29, 1.82) is 0 Å². The van der Waals surface area contributed by atoms with Gasteiger partial charge in [0.2, 0.25) is 0 Å². The van der Waals surface area contributed by atoms with Crippen LogP contribution in [0.2, 0.25) is 0 Å². The van der Waals surface area contributed by atoms with Gasteiger partial charge in [0.25, 0.3) is 0 Å². The first kappa shape index (κ1) is 18.3. The molecule has 0 radical (unpaired) electrons. The van der Waals surface area contributed by atoms with Gasteiger partial charge < -0.3 is 9.30 Å². The highest BCUT2D eigenvalue weighted by Crippen LogP contribution is 2.52. The van der Waals surface area contributed by atoms with E-state index in [1.807, 2.05) is 35.9 Å². The summed E-state index contributed by atoms with van der Waals surface area (Å²) in [4.78, 5) is 0. The summed E-state index contributed by atoms with van der Waals surface area (Å²) >= 11 is 3.42. The van der Waals surface area contributed by atoms with Crippen LogP contribution in [0.3, 0.4) is 0 Å². The minimum absolute atomic E-state index is 0.246. The summed E-state index contributed by atoms with van der Waals surface area (Å²) < 4.78 is 22.6. The molecular weight excluding hydrogens is 409 g/mol. The molecule has 4 rings (SSSR count). The molecule has 2 aromatic carbocycles. The first-order valence-electron chi connectivity index (χ1n) is 8.99. The molecule has 0 bridgehead atoms. The maximum Gasteiger partial charge on any atom is 0.143 e. The fourth-order valence-electron chi connectivity index (χ4n) is 4.06.